The lowest BCUT2D eigenvalue weighted by Crippen LogP contribution is -2.42. The molecule has 2 rings (SSSR count). The summed E-state index contributed by atoms with van der Waals surface area (Å²) in [5.74, 6) is -0.405. The molecule has 1 fully saturated rings. The first kappa shape index (κ1) is 15.3. The number of urea groups is 1. The first-order valence-electron chi connectivity index (χ1n) is 6.97. The Morgan fingerprint density at radius 2 is 2.05 bits per heavy atom. The highest BCUT2D eigenvalue weighted by Crippen LogP contribution is 2.15. The Hall–Kier alpha value is -2.08. The SMILES string of the molecule is COC(=O)c1ccc(NC(=O)N[C@@H](C)[C@@H]2CCCO2)cc1. The molecule has 1 heterocycles. The monoisotopic (exact) mass is 292 g/mol. The molecule has 0 bridgehead atoms. The molecule has 6 nitrogen and oxygen atoms in total. The third-order valence-corrected chi connectivity index (χ3v) is 3.45. The summed E-state index contributed by atoms with van der Waals surface area (Å²) in [6.45, 7) is 2.68. The molecule has 0 aliphatic carbocycles. The van der Waals surface area contributed by atoms with E-state index in [1.54, 1.807) is 24.3 Å². The van der Waals surface area contributed by atoms with Crippen LogP contribution in [-0.4, -0.2) is 37.9 Å². The number of nitrogens with one attached hydrogen (secondary N) is 2. The van der Waals surface area contributed by atoms with Crippen molar-refractivity contribution < 1.29 is 19.1 Å². The molecule has 6 heteroatoms. The fraction of sp³-hybridized carbons (Fsp3) is 0.467. The van der Waals surface area contributed by atoms with Crippen LogP contribution in [0.5, 0.6) is 0 Å². The van der Waals surface area contributed by atoms with Gasteiger partial charge in [-0.1, -0.05) is 0 Å². The summed E-state index contributed by atoms with van der Waals surface area (Å²) in [5, 5.41) is 5.57. The van der Waals surface area contributed by atoms with Crippen LogP contribution >= 0.6 is 0 Å². The molecule has 0 spiro atoms. The molecule has 2 amide bonds. The van der Waals surface area contributed by atoms with Crippen LogP contribution < -0.4 is 10.6 Å². The van der Waals surface area contributed by atoms with Gasteiger partial charge in [0.2, 0.25) is 0 Å². The maximum Gasteiger partial charge on any atom is 0.337 e. The van der Waals surface area contributed by atoms with Crippen LogP contribution in [-0.2, 0) is 9.47 Å². The summed E-state index contributed by atoms with van der Waals surface area (Å²) in [5.41, 5.74) is 1.05. The minimum atomic E-state index is -0.405. The minimum Gasteiger partial charge on any atom is -0.465 e. The first-order chi connectivity index (χ1) is 10.1. The van der Waals surface area contributed by atoms with E-state index >= 15 is 0 Å². The molecule has 0 saturated carbocycles. The number of hydrogen-bond acceptors (Lipinski definition) is 4. The van der Waals surface area contributed by atoms with Gasteiger partial charge in [0.15, 0.2) is 0 Å². The van der Waals surface area contributed by atoms with Crippen LogP contribution in [0.1, 0.15) is 30.1 Å². The number of methoxy groups -OCH3 is 1. The van der Waals surface area contributed by atoms with Gasteiger partial charge in [-0.25, -0.2) is 9.59 Å². The maximum atomic E-state index is 11.9. The largest absolute Gasteiger partial charge is 0.465 e. The fourth-order valence-corrected chi connectivity index (χ4v) is 2.27. The second-order valence-corrected chi connectivity index (χ2v) is 5.01. The number of esters is 1. The molecule has 1 aliphatic heterocycles. The second-order valence-electron chi connectivity index (χ2n) is 5.01. The molecule has 0 radical (unpaired) electrons. The van der Waals surface area contributed by atoms with E-state index in [1.165, 1.54) is 7.11 Å². The lowest BCUT2D eigenvalue weighted by Gasteiger charge is -2.20. The Bertz CT molecular complexity index is 495. The number of anilines is 1. The molecule has 114 valence electrons. The smallest absolute Gasteiger partial charge is 0.337 e. The normalized spacial score (nSPS) is 18.9. The molecule has 1 aromatic carbocycles. The Morgan fingerprint density at radius 3 is 2.62 bits per heavy atom. The van der Waals surface area contributed by atoms with Crippen molar-refractivity contribution in [1.29, 1.82) is 0 Å². The summed E-state index contributed by atoms with van der Waals surface area (Å²) in [4.78, 5) is 23.2. The molecule has 1 aromatic rings. The quantitative estimate of drug-likeness (QED) is 0.834. The standard InChI is InChI=1S/C15H20N2O4/c1-10(13-4-3-9-21-13)16-15(19)17-12-7-5-11(6-8-12)14(18)20-2/h5-8,10,13H,3-4,9H2,1-2H3,(H2,16,17,19)/t10-,13-/m0/s1. The van der Waals surface area contributed by atoms with E-state index in [0.29, 0.717) is 11.3 Å². The van der Waals surface area contributed by atoms with Crippen LogP contribution in [0.4, 0.5) is 10.5 Å². The lowest BCUT2D eigenvalue weighted by atomic mass is 10.1. The van der Waals surface area contributed by atoms with Gasteiger partial charge in [-0.3, -0.25) is 0 Å². The summed E-state index contributed by atoms with van der Waals surface area (Å²) >= 11 is 0. The number of amides is 2. The van der Waals surface area contributed by atoms with Gasteiger partial charge in [0.25, 0.3) is 0 Å². The van der Waals surface area contributed by atoms with E-state index in [9.17, 15) is 9.59 Å². The number of benzene rings is 1. The average molecular weight is 292 g/mol. The van der Waals surface area contributed by atoms with Crippen molar-refractivity contribution in [1.82, 2.24) is 5.32 Å². The van der Waals surface area contributed by atoms with Crippen LogP contribution in [0.2, 0.25) is 0 Å². The summed E-state index contributed by atoms with van der Waals surface area (Å²) in [6.07, 6.45) is 2.08. The zero-order chi connectivity index (χ0) is 15.2. The number of hydrogen-bond donors (Lipinski definition) is 2. The van der Waals surface area contributed by atoms with E-state index in [2.05, 4.69) is 15.4 Å². The molecular weight excluding hydrogens is 272 g/mol. The fourth-order valence-electron chi connectivity index (χ4n) is 2.27. The molecule has 2 N–H and O–H groups in total. The Balaban J connectivity index is 1.85. The van der Waals surface area contributed by atoms with Gasteiger partial charge >= 0.3 is 12.0 Å². The van der Waals surface area contributed by atoms with Gasteiger partial charge in [-0.2, -0.15) is 0 Å². The van der Waals surface area contributed by atoms with Crippen LogP contribution in [0.25, 0.3) is 0 Å². The van der Waals surface area contributed by atoms with E-state index in [-0.39, 0.29) is 18.2 Å². The zero-order valence-electron chi connectivity index (χ0n) is 12.2. The van der Waals surface area contributed by atoms with Gasteiger partial charge in [0.1, 0.15) is 0 Å². The van der Waals surface area contributed by atoms with Crippen molar-refractivity contribution in [2.75, 3.05) is 19.0 Å². The zero-order valence-corrected chi connectivity index (χ0v) is 12.2. The molecule has 21 heavy (non-hydrogen) atoms. The highest BCUT2D eigenvalue weighted by Gasteiger charge is 2.23. The highest BCUT2D eigenvalue weighted by molar-refractivity contribution is 5.92. The number of carbonyl (C=O) groups is 2. The minimum absolute atomic E-state index is 0.0400. The van der Waals surface area contributed by atoms with Crippen molar-refractivity contribution in [3.8, 4) is 0 Å². The van der Waals surface area contributed by atoms with Crippen molar-refractivity contribution in [2.24, 2.45) is 0 Å². The van der Waals surface area contributed by atoms with E-state index < -0.39 is 5.97 Å². The van der Waals surface area contributed by atoms with Crippen LogP contribution in [0.15, 0.2) is 24.3 Å². The van der Waals surface area contributed by atoms with Crippen molar-refractivity contribution in [3.63, 3.8) is 0 Å². The Kier molecular flexibility index (Phi) is 5.16. The number of ether oxygens (including phenoxy) is 2. The maximum absolute atomic E-state index is 11.9. The van der Waals surface area contributed by atoms with Gasteiger partial charge in [-0.05, 0) is 44.0 Å². The predicted molar refractivity (Wildman–Crippen MR) is 78.4 cm³/mol. The topological polar surface area (TPSA) is 76.7 Å². The summed E-state index contributed by atoms with van der Waals surface area (Å²) < 4.78 is 10.1. The Labute approximate surface area is 123 Å². The molecule has 1 aliphatic rings. The third-order valence-electron chi connectivity index (χ3n) is 3.45. The van der Waals surface area contributed by atoms with E-state index in [0.717, 1.165) is 19.4 Å². The average Bonchev–Trinajstić information content (AvgIpc) is 3.01. The highest BCUT2D eigenvalue weighted by atomic mass is 16.5. The summed E-state index contributed by atoms with van der Waals surface area (Å²) in [6, 6.07) is 6.19. The number of carbonyl (C=O) groups excluding carboxylic acids is 2. The first-order valence-corrected chi connectivity index (χ1v) is 6.97. The van der Waals surface area contributed by atoms with E-state index in [4.69, 9.17) is 4.74 Å². The summed E-state index contributed by atoms with van der Waals surface area (Å²) in [7, 11) is 1.33. The van der Waals surface area contributed by atoms with Gasteiger partial charge in [0, 0.05) is 12.3 Å². The van der Waals surface area contributed by atoms with Crippen LogP contribution in [0, 0.1) is 0 Å². The van der Waals surface area contributed by atoms with Gasteiger partial charge < -0.3 is 20.1 Å². The number of rotatable bonds is 4. The molecule has 0 unspecified atom stereocenters. The van der Waals surface area contributed by atoms with Gasteiger partial charge in [0.05, 0.1) is 24.8 Å². The third kappa shape index (κ3) is 4.19. The van der Waals surface area contributed by atoms with Crippen molar-refractivity contribution >= 4 is 17.7 Å². The molecule has 2 atom stereocenters. The molecular formula is C15H20N2O4. The second kappa shape index (κ2) is 7.08. The van der Waals surface area contributed by atoms with Crippen molar-refractivity contribution in [3.05, 3.63) is 29.8 Å². The van der Waals surface area contributed by atoms with Crippen LogP contribution in [0.3, 0.4) is 0 Å². The lowest BCUT2D eigenvalue weighted by molar-refractivity contribution is 0.0600. The Morgan fingerprint density at radius 1 is 1.33 bits per heavy atom. The van der Waals surface area contributed by atoms with Gasteiger partial charge in [-0.15, -0.1) is 0 Å². The van der Waals surface area contributed by atoms with Crippen molar-refractivity contribution in [2.45, 2.75) is 31.9 Å². The molecule has 1 saturated heterocycles. The van der Waals surface area contributed by atoms with E-state index in [1.807, 2.05) is 6.92 Å². The predicted octanol–water partition coefficient (Wildman–Crippen LogP) is 2.16. The molecule has 0 aromatic heterocycles.